The summed E-state index contributed by atoms with van der Waals surface area (Å²) in [5.74, 6) is 0.343. The largest absolute Gasteiger partial charge is 0.242 e. The highest BCUT2D eigenvalue weighted by Crippen LogP contribution is 2.19. The van der Waals surface area contributed by atoms with E-state index in [1.54, 1.807) is 6.07 Å². The van der Waals surface area contributed by atoms with Crippen LogP contribution in [0.25, 0.3) is 11.0 Å². The van der Waals surface area contributed by atoms with Gasteiger partial charge in [-0.15, -0.1) is 4.99 Å². The van der Waals surface area contributed by atoms with Crippen LogP contribution in [-0.4, -0.2) is 16.0 Å². The van der Waals surface area contributed by atoms with E-state index in [-0.39, 0.29) is 0 Å². The number of aryl methyl sites for hydroxylation is 2. The number of hydrogen-bond acceptors (Lipinski definition) is 4. The molecule has 0 fully saturated rings. The van der Waals surface area contributed by atoms with Gasteiger partial charge in [0.05, 0.1) is 0 Å². The summed E-state index contributed by atoms with van der Waals surface area (Å²) < 4.78 is 0. The molecule has 0 aromatic carbocycles. The van der Waals surface area contributed by atoms with Crippen LogP contribution in [0.15, 0.2) is 23.2 Å². The van der Waals surface area contributed by atoms with Crippen LogP contribution in [0.4, 0.5) is 5.82 Å². The summed E-state index contributed by atoms with van der Waals surface area (Å²) >= 11 is 0. The summed E-state index contributed by atoms with van der Waals surface area (Å²) in [7, 11) is 0. The lowest BCUT2D eigenvalue weighted by Gasteiger charge is -2.02. The van der Waals surface area contributed by atoms with Crippen LogP contribution in [0, 0.1) is 13.8 Å². The first-order chi connectivity index (χ1) is 7.20. The zero-order valence-corrected chi connectivity index (χ0v) is 8.48. The Hall–Kier alpha value is -2.06. The normalized spacial score (nSPS) is 10.0. The van der Waals surface area contributed by atoms with Crippen molar-refractivity contribution in [3.05, 3.63) is 29.5 Å². The first-order valence-corrected chi connectivity index (χ1v) is 4.53. The SMILES string of the molecule is Cc1cc(C)c2ccc(N=C=O)nc2n1. The monoisotopic (exact) mass is 199 g/mol. The second-order valence-electron chi connectivity index (χ2n) is 3.32. The first-order valence-electron chi connectivity index (χ1n) is 4.53. The number of carbonyl (C=O) groups excluding carboxylic acids is 1. The molecule has 0 bridgehead atoms. The lowest BCUT2D eigenvalue weighted by atomic mass is 10.1. The molecule has 0 saturated heterocycles. The molecule has 0 radical (unpaired) electrons. The third-order valence-electron chi connectivity index (χ3n) is 2.15. The third-order valence-corrected chi connectivity index (χ3v) is 2.15. The van der Waals surface area contributed by atoms with Crippen molar-refractivity contribution in [2.24, 2.45) is 4.99 Å². The van der Waals surface area contributed by atoms with Crippen LogP contribution in [0.2, 0.25) is 0 Å². The van der Waals surface area contributed by atoms with Crippen LogP contribution in [0.1, 0.15) is 11.3 Å². The second kappa shape index (κ2) is 3.59. The van der Waals surface area contributed by atoms with Crippen molar-refractivity contribution in [1.82, 2.24) is 9.97 Å². The van der Waals surface area contributed by atoms with Gasteiger partial charge in [0.2, 0.25) is 6.08 Å². The van der Waals surface area contributed by atoms with Crippen LogP contribution < -0.4 is 0 Å². The molecule has 74 valence electrons. The first kappa shape index (κ1) is 9.49. The van der Waals surface area contributed by atoms with Crippen molar-refractivity contribution in [3.8, 4) is 0 Å². The Morgan fingerprint density at radius 1 is 1.27 bits per heavy atom. The Balaban J connectivity index is 2.76. The van der Waals surface area contributed by atoms with Gasteiger partial charge in [-0.2, -0.15) is 0 Å². The molecule has 0 amide bonds. The van der Waals surface area contributed by atoms with E-state index in [1.165, 1.54) is 6.08 Å². The van der Waals surface area contributed by atoms with Gasteiger partial charge in [0.1, 0.15) is 0 Å². The summed E-state index contributed by atoms with van der Waals surface area (Å²) in [5, 5.41) is 0.977. The zero-order chi connectivity index (χ0) is 10.8. The minimum atomic E-state index is 0.343. The summed E-state index contributed by atoms with van der Waals surface area (Å²) in [5.41, 5.74) is 2.63. The van der Waals surface area contributed by atoms with Gasteiger partial charge in [-0.25, -0.2) is 14.8 Å². The Morgan fingerprint density at radius 3 is 2.80 bits per heavy atom. The number of rotatable bonds is 1. The van der Waals surface area contributed by atoms with Crippen LogP contribution in [-0.2, 0) is 4.79 Å². The molecule has 2 heterocycles. The number of aromatic nitrogens is 2. The molecule has 0 spiro atoms. The molecule has 2 aromatic rings. The van der Waals surface area contributed by atoms with E-state index in [4.69, 9.17) is 0 Å². The predicted octanol–water partition coefficient (Wildman–Crippen LogP) is 2.21. The summed E-state index contributed by atoms with van der Waals surface area (Å²) in [6.07, 6.45) is 1.46. The molecule has 0 saturated carbocycles. The summed E-state index contributed by atoms with van der Waals surface area (Å²) in [6, 6.07) is 5.53. The number of fused-ring (bicyclic) bond motifs is 1. The van der Waals surface area contributed by atoms with Crippen molar-refractivity contribution < 1.29 is 4.79 Å². The van der Waals surface area contributed by atoms with E-state index in [9.17, 15) is 4.79 Å². The van der Waals surface area contributed by atoms with Gasteiger partial charge in [0, 0.05) is 11.1 Å². The van der Waals surface area contributed by atoms with Gasteiger partial charge in [-0.05, 0) is 37.6 Å². The average molecular weight is 199 g/mol. The third kappa shape index (κ3) is 1.75. The number of hydrogen-bond donors (Lipinski definition) is 0. The Bertz CT molecular complexity index is 571. The molecule has 0 aliphatic rings. The summed E-state index contributed by atoms with van der Waals surface area (Å²) in [6.45, 7) is 3.91. The molecule has 0 aliphatic heterocycles. The maximum Gasteiger partial charge on any atom is 0.242 e. The minimum Gasteiger partial charge on any atom is -0.233 e. The number of nitrogens with zero attached hydrogens (tertiary/aromatic N) is 3. The lowest BCUT2D eigenvalue weighted by molar-refractivity contribution is 0.565. The molecule has 0 N–H and O–H groups in total. The Kier molecular flexibility index (Phi) is 2.27. The van der Waals surface area contributed by atoms with E-state index in [1.807, 2.05) is 26.0 Å². The van der Waals surface area contributed by atoms with Crippen LogP contribution in [0.5, 0.6) is 0 Å². The maximum absolute atomic E-state index is 10.1. The van der Waals surface area contributed by atoms with Crippen molar-refractivity contribution in [2.75, 3.05) is 0 Å². The Morgan fingerprint density at radius 2 is 2.07 bits per heavy atom. The molecule has 0 atom stereocenters. The van der Waals surface area contributed by atoms with Crippen molar-refractivity contribution in [2.45, 2.75) is 13.8 Å². The highest BCUT2D eigenvalue weighted by molar-refractivity contribution is 5.80. The van der Waals surface area contributed by atoms with Gasteiger partial charge in [0.25, 0.3) is 0 Å². The van der Waals surface area contributed by atoms with E-state index in [0.717, 1.165) is 16.6 Å². The minimum absolute atomic E-state index is 0.343. The number of aliphatic imine (C=N–C) groups is 1. The fourth-order valence-electron chi connectivity index (χ4n) is 1.53. The highest BCUT2D eigenvalue weighted by atomic mass is 16.1. The number of pyridine rings is 2. The van der Waals surface area contributed by atoms with E-state index >= 15 is 0 Å². The maximum atomic E-state index is 10.1. The number of isocyanates is 1. The molecule has 4 nitrogen and oxygen atoms in total. The smallest absolute Gasteiger partial charge is 0.233 e. The van der Waals surface area contributed by atoms with Gasteiger partial charge < -0.3 is 0 Å². The van der Waals surface area contributed by atoms with Gasteiger partial charge >= 0.3 is 0 Å². The fraction of sp³-hybridized carbons (Fsp3) is 0.182. The van der Waals surface area contributed by atoms with Crippen molar-refractivity contribution in [3.63, 3.8) is 0 Å². The van der Waals surface area contributed by atoms with Gasteiger partial charge in [-0.1, -0.05) is 0 Å². The molecule has 2 aromatic heterocycles. The second-order valence-corrected chi connectivity index (χ2v) is 3.32. The average Bonchev–Trinajstić information content (AvgIpc) is 2.17. The molecule has 15 heavy (non-hydrogen) atoms. The quantitative estimate of drug-likeness (QED) is 0.522. The molecule has 4 heteroatoms. The Labute approximate surface area is 86.7 Å². The predicted molar refractivity (Wildman–Crippen MR) is 56.8 cm³/mol. The van der Waals surface area contributed by atoms with Crippen molar-refractivity contribution >= 4 is 22.9 Å². The van der Waals surface area contributed by atoms with E-state index < -0.39 is 0 Å². The molecule has 2 rings (SSSR count). The van der Waals surface area contributed by atoms with Gasteiger partial charge in [0.15, 0.2) is 11.5 Å². The van der Waals surface area contributed by atoms with Crippen LogP contribution >= 0.6 is 0 Å². The lowest BCUT2D eigenvalue weighted by Crippen LogP contribution is -1.89. The fourth-order valence-corrected chi connectivity index (χ4v) is 1.53. The molecule has 0 aliphatic carbocycles. The standard InChI is InChI=1S/C11H9N3O/c1-7-5-8(2)13-11-9(7)3-4-10(14-11)12-6-15/h3-5H,1-2H3. The van der Waals surface area contributed by atoms with Crippen molar-refractivity contribution in [1.29, 1.82) is 0 Å². The molecular weight excluding hydrogens is 190 g/mol. The van der Waals surface area contributed by atoms with E-state index in [0.29, 0.717) is 11.5 Å². The zero-order valence-electron chi connectivity index (χ0n) is 8.48. The highest BCUT2D eigenvalue weighted by Gasteiger charge is 2.02. The van der Waals surface area contributed by atoms with Gasteiger partial charge in [-0.3, -0.25) is 0 Å². The van der Waals surface area contributed by atoms with E-state index in [2.05, 4.69) is 15.0 Å². The molecule has 0 unspecified atom stereocenters. The molecular formula is C11H9N3O. The summed E-state index contributed by atoms with van der Waals surface area (Å²) in [4.78, 5) is 22.0. The topological polar surface area (TPSA) is 55.2 Å². The van der Waals surface area contributed by atoms with Crippen LogP contribution in [0.3, 0.4) is 0 Å².